The number of hydrogen-bond acceptors (Lipinski definition) is 3. The molecule has 4 heteroatoms. The highest BCUT2D eigenvalue weighted by Crippen LogP contribution is 2.28. The van der Waals surface area contributed by atoms with Gasteiger partial charge in [0.2, 0.25) is 5.91 Å². The average molecular weight is 247 g/mol. The van der Waals surface area contributed by atoms with Crippen LogP contribution in [0, 0.1) is 0 Å². The highest BCUT2D eigenvalue weighted by molar-refractivity contribution is 6.00. The molecule has 0 unspecified atom stereocenters. The fourth-order valence-electron chi connectivity index (χ4n) is 2.25. The van der Waals surface area contributed by atoms with Gasteiger partial charge in [0.05, 0.1) is 6.42 Å². The van der Waals surface area contributed by atoms with Crippen molar-refractivity contribution in [1.29, 1.82) is 0 Å². The van der Waals surface area contributed by atoms with Crippen molar-refractivity contribution < 1.29 is 4.79 Å². The van der Waals surface area contributed by atoms with Crippen LogP contribution in [0.15, 0.2) is 18.2 Å². The number of hydrogen-bond donors (Lipinski definition) is 2. The fraction of sp³-hybridized carbons (Fsp3) is 0.500. The first-order chi connectivity index (χ1) is 8.72. The van der Waals surface area contributed by atoms with Crippen LogP contribution in [0.4, 0.5) is 5.69 Å². The number of likely N-dealkylation sites (N-methyl/N-ethyl adjacent to an activating group) is 2. The van der Waals surface area contributed by atoms with Crippen LogP contribution in [0.5, 0.6) is 0 Å². The van der Waals surface area contributed by atoms with E-state index in [2.05, 4.69) is 28.8 Å². The van der Waals surface area contributed by atoms with Gasteiger partial charge < -0.3 is 15.5 Å². The number of anilines is 1. The number of benzene rings is 1. The monoisotopic (exact) mass is 247 g/mol. The van der Waals surface area contributed by atoms with Crippen LogP contribution < -0.4 is 15.5 Å². The van der Waals surface area contributed by atoms with Crippen molar-refractivity contribution in [2.24, 2.45) is 0 Å². The molecule has 0 atom stereocenters. The van der Waals surface area contributed by atoms with Crippen LogP contribution in [-0.4, -0.2) is 39.6 Å². The van der Waals surface area contributed by atoms with E-state index in [1.165, 1.54) is 5.56 Å². The van der Waals surface area contributed by atoms with Gasteiger partial charge in [-0.05, 0) is 37.2 Å². The minimum absolute atomic E-state index is 0.189. The Labute approximate surface area is 108 Å². The van der Waals surface area contributed by atoms with E-state index in [1.807, 2.05) is 14.1 Å². The Balaban J connectivity index is 1.89. The predicted molar refractivity (Wildman–Crippen MR) is 74.1 cm³/mol. The summed E-state index contributed by atoms with van der Waals surface area (Å²) < 4.78 is 0. The van der Waals surface area contributed by atoms with Crippen LogP contribution >= 0.6 is 0 Å². The van der Waals surface area contributed by atoms with E-state index >= 15 is 0 Å². The zero-order valence-electron chi connectivity index (χ0n) is 11.1. The maximum Gasteiger partial charge on any atom is 0.231 e. The van der Waals surface area contributed by atoms with Gasteiger partial charge in [0.25, 0.3) is 0 Å². The van der Waals surface area contributed by atoms with Gasteiger partial charge in [-0.3, -0.25) is 4.79 Å². The Hall–Kier alpha value is -1.39. The molecule has 0 aliphatic carbocycles. The predicted octanol–water partition coefficient (Wildman–Crippen LogP) is 0.557. The smallest absolute Gasteiger partial charge is 0.231 e. The van der Waals surface area contributed by atoms with E-state index in [9.17, 15) is 4.79 Å². The lowest BCUT2D eigenvalue weighted by molar-refractivity contribution is -0.117. The van der Waals surface area contributed by atoms with E-state index in [4.69, 9.17) is 0 Å². The maximum atomic E-state index is 11.6. The Morgan fingerprint density at radius 2 is 2.11 bits per heavy atom. The van der Waals surface area contributed by atoms with E-state index in [1.54, 1.807) is 4.90 Å². The SMILES string of the molecule is CNCCNCCc1ccc2c(c1)CC(=O)N2C. The Morgan fingerprint density at radius 3 is 2.89 bits per heavy atom. The van der Waals surface area contributed by atoms with Crippen LogP contribution in [0.2, 0.25) is 0 Å². The number of amides is 1. The first kappa shape index (κ1) is 13.1. The molecule has 1 aliphatic heterocycles. The lowest BCUT2D eigenvalue weighted by Gasteiger charge is -2.10. The molecule has 0 saturated heterocycles. The molecule has 0 spiro atoms. The summed E-state index contributed by atoms with van der Waals surface area (Å²) in [5.41, 5.74) is 3.52. The normalized spacial score (nSPS) is 14.1. The molecule has 4 nitrogen and oxygen atoms in total. The van der Waals surface area contributed by atoms with Crippen molar-refractivity contribution in [2.45, 2.75) is 12.8 Å². The van der Waals surface area contributed by atoms with E-state index in [0.717, 1.165) is 37.3 Å². The summed E-state index contributed by atoms with van der Waals surface area (Å²) in [6.07, 6.45) is 1.56. The minimum Gasteiger partial charge on any atom is -0.318 e. The van der Waals surface area contributed by atoms with Crippen LogP contribution in [0.1, 0.15) is 11.1 Å². The molecular formula is C14H21N3O. The van der Waals surface area contributed by atoms with Gasteiger partial charge in [-0.2, -0.15) is 0 Å². The average Bonchev–Trinajstić information content (AvgIpc) is 2.65. The lowest BCUT2D eigenvalue weighted by Crippen LogP contribution is -2.26. The second kappa shape index (κ2) is 5.98. The van der Waals surface area contributed by atoms with Crippen molar-refractivity contribution in [1.82, 2.24) is 10.6 Å². The summed E-state index contributed by atoms with van der Waals surface area (Å²) in [5.74, 6) is 0.189. The van der Waals surface area contributed by atoms with Crippen molar-refractivity contribution in [3.8, 4) is 0 Å². The molecule has 1 aromatic rings. The molecule has 0 fully saturated rings. The summed E-state index contributed by atoms with van der Waals surface area (Å²) in [6, 6.07) is 6.34. The minimum atomic E-state index is 0.189. The molecule has 18 heavy (non-hydrogen) atoms. The number of carbonyl (C=O) groups is 1. The van der Waals surface area contributed by atoms with E-state index < -0.39 is 0 Å². The molecule has 1 aromatic carbocycles. The second-order valence-corrected chi connectivity index (χ2v) is 4.70. The molecule has 1 amide bonds. The van der Waals surface area contributed by atoms with Crippen LogP contribution in [0.25, 0.3) is 0 Å². The molecule has 0 aromatic heterocycles. The lowest BCUT2D eigenvalue weighted by atomic mass is 10.1. The highest BCUT2D eigenvalue weighted by atomic mass is 16.2. The van der Waals surface area contributed by atoms with Crippen molar-refractivity contribution >= 4 is 11.6 Å². The van der Waals surface area contributed by atoms with E-state index in [-0.39, 0.29) is 5.91 Å². The van der Waals surface area contributed by atoms with Gasteiger partial charge in [0.15, 0.2) is 0 Å². The van der Waals surface area contributed by atoms with Crippen molar-refractivity contribution in [3.05, 3.63) is 29.3 Å². The van der Waals surface area contributed by atoms with Crippen LogP contribution in [0.3, 0.4) is 0 Å². The standard InChI is InChI=1S/C14H21N3O/c1-15-7-8-16-6-5-11-3-4-13-12(9-11)10-14(18)17(13)2/h3-4,9,15-16H,5-8,10H2,1-2H3. The van der Waals surface area contributed by atoms with Gasteiger partial charge >= 0.3 is 0 Å². The Kier molecular flexibility index (Phi) is 4.33. The zero-order valence-corrected chi connectivity index (χ0v) is 11.1. The number of nitrogens with zero attached hydrogens (tertiary/aromatic N) is 1. The molecule has 1 heterocycles. The first-order valence-electron chi connectivity index (χ1n) is 6.46. The topological polar surface area (TPSA) is 44.4 Å². The molecule has 0 bridgehead atoms. The third-order valence-corrected chi connectivity index (χ3v) is 3.36. The molecule has 98 valence electrons. The third kappa shape index (κ3) is 2.89. The number of nitrogens with one attached hydrogen (secondary N) is 2. The van der Waals surface area contributed by atoms with Gasteiger partial charge in [-0.25, -0.2) is 0 Å². The zero-order chi connectivity index (χ0) is 13.0. The second-order valence-electron chi connectivity index (χ2n) is 4.70. The molecular weight excluding hydrogens is 226 g/mol. The molecule has 0 saturated carbocycles. The van der Waals surface area contributed by atoms with Gasteiger partial charge in [0.1, 0.15) is 0 Å². The number of carbonyl (C=O) groups excluding carboxylic acids is 1. The quantitative estimate of drug-likeness (QED) is 0.722. The summed E-state index contributed by atoms with van der Waals surface area (Å²) in [6.45, 7) is 2.95. The summed E-state index contributed by atoms with van der Waals surface area (Å²) in [4.78, 5) is 13.3. The highest BCUT2D eigenvalue weighted by Gasteiger charge is 2.23. The molecule has 0 radical (unpaired) electrons. The summed E-state index contributed by atoms with van der Waals surface area (Å²) in [5, 5.41) is 6.48. The first-order valence-corrected chi connectivity index (χ1v) is 6.46. The maximum absolute atomic E-state index is 11.6. The number of rotatable bonds is 6. The van der Waals surface area contributed by atoms with Crippen molar-refractivity contribution in [3.63, 3.8) is 0 Å². The van der Waals surface area contributed by atoms with Gasteiger partial charge in [-0.1, -0.05) is 12.1 Å². The number of fused-ring (bicyclic) bond motifs is 1. The summed E-state index contributed by atoms with van der Waals surface area (Å²) >= 11 is 0. The summed E-state index contributed by atoms with van der Waals surface area (Å²) in [7, 11) is 3.79. The Morgan fingerprint density at radius 1 is 1.28 bits per heavy atom. The largest absolute Gasteiger partial charge is 0.318 e. The van der Waals surface area contributed by atoms with Gasteiger partial charge in [-0.15, -0.1) is 0 Å². The molecule has 2 N–H and O–H groups in total. The third-order valence-electron chi connectivity index (χ3n) is 3.36. The Bertz CT molecular complexity index is 431. The van der Waals surface area contributed by atoms with Gasteiger partial charge in [0, 0.05) is 25.8 Å². The fourth-order valence-corrected chi connectivity index (χ4v) is 2.25. The molecule has 2 rings (SSSR count). The van der Waals surface area contributed by atoms with Crippen LogP contribution in [-0.2, 0) is 17.6 Å². The van der Waals surface area contributed by atoms with Crippen molar-refractivity contribution in [2.75, 3.05) is 38.6 Å². The van der Waals surface area contributed by atoms with E-state index in [0.29, 0.717) is 6.42 Å². The molecule has 1 aliphatic rings.